The van der Waals surface area contributed by atoms with Crippen molar-refractivity contribution >= 4 is 10.0 Å². The molecule has 18 heavy (non-hydrogen) atoms. The molecular weight excluding hydrogens is 250 g/mol. The highest BCUT2D eigenvalue weighted by Crippen LogP contribution is 2.28. The van der Waals surface area contributed by atoms with Gasteiger partial charge in [-0.3, -0.25) is 0 Å². The van der Waals surface area contributed by atoms with Crippen molar-refractivity contribution in [3.05, 3.63) is 23.8 Å². The maximum Gasteiger partial charge on any atom is 0.243 e. The molecule has 0 aliphatic carbocycles. The van der Waals surface area contributed by atoms with Gasteiger partial charge >= 0.3 is 0 Å². The van der Waals surface area contributed by atoms with Gasteiger partial charge in [-0.25, -0.2) is 8.42 Å². The van der Waals surface area contributed by atoms with Crippen LogP contribution in [0.2, 0.25) is 0 Å². The molecule has 1 aromatic carbocycles. The summed E-state index contributed by atoms with van der Waals surface area (Å²) in [6, 6.07) is 5.10. The third-order valence-corrected chi connectivity index (χ3v) is 5.47. The minimum atomic E-state index is -3.36. The van der Waals surface area contributed by atoms with Crippen LogP contribution < -0.4 is 4.74 Å². The molecule has 1 atom stereocenters. The standard InChI is InChI=1S/C13H19NO3S/c1-10-9-12(6-7-13(10)17-3)18(15,16)14-8-4-5-11(14)2/h6-7,9,11H,4-5,8H2,1-3H3. The van der Waals surface area contributed by atoms with Crippen molar-refractivity contribution in [3.63, 3.8) is 0 Å². The maximum atomic E-state index is 12.5. The molecule has 1 unspecified atom stereocenters. The lowest BCUT2D eigenvalue weighted by molar-refractivity contribution is 0.405. The second-order valence-corrected chi connectivity index (χ2v) is 6.63. The summed E-state index contributed by atoms with van der Waals surface area (Å²) in [6.07, 6.45) is 1.88. The Bertz CT molecular complexity index is 539. The van der Waals surface area contributed by atoms with E-state index in [9.17, 15) is 8.42 Å². The quantitative estimate of drug-likeness (QED) is 0.845. The molecule has 0 amide bonds. The number of aryl methyl sites for hydroxylation is 1. The average molecular weight is 269 g/mol. The van der Waals surface area contributed by atoms with E-state index < -0.39 is 10.0 Å². The lowest BCUT2D eigenvalue weighted by Gasteiger charge is -2.21. The summed E-state index contributed by atoms with van der Waals surface area (Å²) >= 11 is 0. The summed E-state index contributed by atoms with van der Waals surface area (Å²) in [5.74, 6) is 0.712. The molecule has 5 heteroatoms. The summed E-state index contributed by atoms with van der Waals surface area (Å²) in [4.78, 5) is 0.356. The Morgan fingerprint density at radius 1 is 1.39 bits per heavy atom. The highest BCUT2D eigenvalue weighted by atomic mass is 32.2. The van der Waals surface area contributed by atoms with Crippen molar-refractivity contribution in [2.45, 2.75) is 37.6 Å². The number of ether oxygens (including phenoxy) is 1. The van der Waals surface area contributed by atoms with Crippen LogP contribution in [0.25, 0.3) is 0 Å². The number of benzene rings is 1. The van der Waals surface area contributed by atoms with Crippen LogP contribution in [0.5, 0.6) is 5.75 Å². The summed E-state index contributed by atoms with van der Waals surface area (Å²) < 4.78 is 31.7. The van der Waals surface area contributed by atoms with Crippen LogP contribution in [0, 0.1) is 6.92 Å². The molecular formula is C13H19NO3S. The van der Waals surface area contributed by atoms with Gasteiger partial charge in [-0.1, -0.05) is 0 Å². The topological polar surface area (TPSA) is 46.6 Å². The normalized spacial score (nSPS) is 21.2. The predicted octanol–water partition coefficient (Wildman–Crippen LogP) is 2.18. The molecule has 0 N–H and O–H groups in total. The fourth-order valence-electron chi connectivity index (χ4n) is 2.41. The van der Waals surface area contributed by atoms with E-state index in [-0.39, 0.29) is 6.04 Å². The molecule has 100 valence electrons. The third kappa shape index (κ3) is 2.24. The Kier molecular flexibility index (Phi) is 3.64. The first-order chi connectivity index (χ1) is 8.46. The highest BCUT2D eigenvalue weighted by molar-refractivity contribution is 7.89. The maximum absolute atomic E-state index is 12.5. The minimum absolute atomic E-state index is 0.0948. The summed E-state index contributed by atoms with van der Waals surface area (Å²) in [5, 5.41) is 0. The van der Waals surface area contributed by atoms with Gasteiger partial charge in [0.25, 0.3) is 0 Å². The number of methoxy groups -OCH3 is 1. The number of nitrogens with zero attached hydrogens (tertiary/aromatic N) is 1. The van der Waals surface area contributed by atoms with Crippen LogP contribution in [-0.4, -0.2) is 32.4 Å². The fourth-order valence-corrected chi connectivity index (χ4v) is 4.20. The van der Waals surface area contributed by atoms with Crippen LogP contribution in [0.3, 0.4) is 0 Å². The average Bonchev–Trinajstić information content (AvgIpc) is 2.76. The van der Waals surface area contributed by atoms with Gasteiger partial charge in [0.15, 0.2) is 0 Å². The van der Waals surface area contributed by atoms with Crippen LogP contribution in [0.4, 0.5) is 0 Å². The lowest BCUT2D eigenvalue weighted by atomic mass is 10.2. The Balaban J connectivity index is 2.38. The summed E-state index contributed by atoms with van der Waals surface area (Å²) in [6.45, 7) is 4.43. The molecule has 0 radical (unpaired) electrons. The number of hydrogen-bond donors (Lipinski definition) is 0. The number of hydrogen-bond acceptors (Lipinski definition) is 3. The van der Waals surface area contributed by atoms with E-state index in [1.165, 1.54) is 0 Å². The zero-order valence-corrected chi connectivity index (χ0v) is 11.8. The van der Waals surface area contributed by atoms with Gasteiger partial charge < -0.3 is 4.74 Å². The largest absolute Gasteiger partial charge is 0.496 e. The van der Waals surface area contributed by atoms with E-state index in [2.05, 4.69) is 0 Å². The molecule has 1 aliphatic rings. The fraction of sp³-hybridized carbons (Fsp3) is 0.538. The zero-order valence-electron chi connectivity index (χ0n) is 11.0. The van der Waals surface area contributed by atoms with Crippen molar-refractivity contribution < 1.29 is 13.2 Å². The van der Waals surface area contributed by atoms with Crippen molar-refractivity contribution in [1.29, 1.82) is 0 Å². The lowest BCUT2D eigenvalue weighted by Crippen LogP contribution is -2.33. The Hall–Kier alpha value is -1.07. The van der Waals surface area contributed by atoms with Gasteiger partial charge in [0.2, 0.25) is 10.0 Å². The molecule has 0 aromatic heterocycles. The molecule has 4 nitrogen and oxygen atoms in total. The second kappa shape index (κ2) is 4.90. The highest BCUT2D eigenvalue weighted by Gasteiger charge is 2.32. The molecule has 1 saturated heterocycles. The summed E-state index contributed by atoms with van der Waals surface area (Å²) in [7, 11) is -1.78. The molecule has 1 fully saturated rings. The van der Waals surface area contributed by atoms with Crippen molar-refractivity contribution in [3.8, 4) is 5.75 Å². The van der Waals surface area contributed by atoms with E-state index in [0.717, 1.165) is 18.4 Å². The van der Waals surface area contributed by atoms with Crippen LogP contribution in [-0.2, 0) is 10.0 Å². The van der Waals surface area contributed by atoms with Gasteiger partial charge in [0.1, 0.15) is 5.75 Å². The second-order valence-electron chi connectivity index (χ2n) is 4.74. The predicted molar refractivity (Wildman–Crippen MR) is 70.3 cm³/mol. The molecule has 0 bridgehead atoms. The SMILES string of the molecule is COc1ccc(S(=O)(=O)N2CCCC2C)cc1C. The Morgan fingerprint density at radius 2 is 2.11 bits per heavy atom. The van der Waals surface area contributed by atoms with E-state index in [1.54, 1.807) is 29.6 Å². The van der Waals surface area contributed by atoms with E-state index >= 15 is 0 Å². The van der Waals surface area contributed by atoms with Gasteiger partial charge in [-0.2, -0.15) is 4.31 Å². The van der Waals surface area contributed by atoms with Crippen LogP contribution in [0.15, 0.2) is 23.1 Å². The van der Waals surface area contributed by atoms with Crippen molar-refractivity contribution in [2.24, 2.45) is 0 Å². The minimum Gasteiger partial charge on any atom is -0.496 e. The Morgan fingerprint density at radius 3 is 2.61 bits per heavy atom. The van der Waals surface area contributed by atoms with Crippen molar-refractivity contribution in [1.82, 2.24) is 4.31 Å². The van der Waals surface area contributed by atoms with Crippen LogP contribution >= 0.6 is 0 Å². The molecule has 1 heterocycles. The first kappa shape index (κ1) is 13.4. The van der Waals surface area contributed by atoms with Gasteiger partial charge in [-0.05, 0) is 50.5 Å². The first-order valence-corrected chi connectivity index (χ1v) is 7.57. The third-order valence-electron chi connectivity index (χ3n) is 3.46. The zero-order chi connectivity index (χ0) is 13.3. The van der Waals surface area contributed by atoms with E-state index in [4.69, 9.17) is 4.74 Å². The molecule has 2 rings (SSSR count). The first-order valence-electron chi connectivity index (χ1n) is 6.13. The molecule has 0 saturated carbocycles. The number of sulfonamides is 1. The Labute approximate surface area is 109 Å². The van der Waals surface area contributed by atoms with Crippen LogP contribution in [0.1, 0.15) is 25.3 Å². The smallest absolute Gasteiger partial charge is 0.243 e. The molecule has 1 aliphatic heterocycles. The van der Waals surface area contributed by atoms with Gasteiger partial charge in [0, 0.05) is 12.6 Å². The van der Waals surface area contributed by atoms with E-state index in [1.807, 2.05) is 13.8 Å². The molecule has 0 spiro atoms. The van der Waals surface area contributed by atoms with Gasteiger partial charge in [0.05, 0.1) is 12.0 Å². The van der Waals surface area contributed by atoms with Gasteiger partial charge in [-0.15, -0.1) is 0 Å². The molecule has 1 aromatic rings. The summed E-state index contributed by atoms with van der Waals surface area (Å²) in [5.41, 5.74) is 0.838. The van der Waals surface area contributed by atoms with Crippen molar-refractivity contribution in [2.75, 3.05) is 13.7 Å². The van der Waals surface area contributed by atoms with E-state index in [0.29, 0.717) is 17.2 Å². The monoisotopic (exact) mass is 269 g/mol. The number of rotatable bonds is 3.